The first-order chi connectivity index (χ1) is 18.4. The van der Waals surface area contributed by atoms with Crippen LogP contribution in [0.15, 0.2) is 138 Å². The van der Waals surface area contributed by atoms with Gasteiger partial charge in [0.1, 0.15) is 11.5 Å². The van der Waals surface area contributed by atoms with E-state index >= 15 is 0 Å². The van der Waals surface area contributed by atoms with Gasteiger partial charge in [0.05, 0.1) is 0 Å². The minimum absolute atomic E-state index is 0.345. The first-order valence-corrected chi connectivity index (χ1v) is 13.8. The molecule has 1 nitrogen and oxygen atoms in total. The van der Waals surface area contributed by atoms with Gasteiger partial charge in [0.2, 0.25) is 0 Å². The molecule has 0 saturated heterocycles. The summed E-state index contributed by atoms with van der Waals surface area (Å²) in [6.07, 6.45) is 22.2. The van der Waals surface area contributed by atoms with Gasteiger partial charge in [-0.25, -0.2) is 0 Å². The second-order valence-electron chi connectivity index (χ2n) is 11.1. The summed E-state index contributed by atoms with van der Waals surface area (Å²) in [6.45, 7) is 0. The minimum Gasteiger partial charge on any atom is -0.460 e. The molecule has 0 aromatic heterocycles. The molecule has 0 bridgehead atoms. The molecule has 5 atom stereocenters. The van der Waals surface area contributed by atoms with E-state index in [-0.39, 0.29) is 0 Å². The maximum atomic E-state index is 6.54. The van der Waals surface area contributed by atoms with Crippen molar-refractivity contribution in [3.05, 3.63) is 149 Å². The number of allylic oxidation sites excluding steroid dienone is 12. The highest BCUT2D eigenvalue weighted by molar-refractivity contribution is 5.90. The molecule has 1 heteroatoms. The second kappa shape index (κ2) is 8.35. The van der Waals surface area contributed by atoms with E-state index < -0.39 is 0 Å². The van der Waals surface area contributed by atoms with Gasteiger partial charge in [-0.2, -0.15) is 0 Å². The minimum atomic E-state index is 0.345. The van der Waals surface area contributed by atoms with Gasteiger partial charge in [0.25, 0.3) is 0 Å². The van der Waals surface area contributed by atoms with Gasteiger partial charge in [0, 0.05) is 28.7 Å². The summed E-state index contributed by atoms with van der Waals surface area (Å²) >= 11 is 0. The fraction of sp³-hybridized carbons (Fsp3) is 0.222. The number of ether oxygens (including phenoxy) is 1. The van der Waals surface area contributed by atoms with E-state index in [1.54, 1.807) is 11.1 Å². The quantitative estimate of drug-likeness (QED) is 0.357. The van der Waals surface area contributed by atoms with Crippen LogP contribution in [-0.2, 0) is 0 Å². The Hall–Kier alpha value is -3.84. The number of rotatable bonds is 2. The molecule has 1 heterocycles. The first kappa shape index (κ1) is 21.3. The largest absolute Gasteiger partial charge is 0.460 e. The summed E-state index contributed by atoms with van der Waals surface area (Å²) < 4.78 is 6.54. The van der Waals surface area contributed by atoms with Crippen molar-refractivity contribution >= 4 is 10.8 Å². The molecule has 1 aliphatic heterocycles. The molecule has 180 valence electrons. The van der Waals surface area contributed by atoms with E-state index in [0.717, 1.165) is 30.8 Å². The summed E-state index contributed by atoms with van der Waals surface area (Å²) in [4.78, 5) is 0. The van der Waals surface area contributed by atoms with Crippen LogP contribution in [0.1, 0.15) is 42.2 Å². The SMILES string of the molecule is C1=CCC2C(=C1)C(C1CC=C3Oc4c(ccc5ccccc45)C3C1)=C1C=CC=CC1C2c1ccccc1. The van der Waals surface area contributed by atoms with Gasteiger partial charge in [-0.3, -0.25) is 0 Å². The van der Waals surface area contributed by atoms with Gasteiger partial charge in [-0.05, 0) is 64.8 Å². The molecule has 8 rings (SSSR count). The zero-order valence-electron chi connectivity index (χ0n) is 20.9. The van der Waals surface area contributed by atoms with E-state index in [1.165, 1.54) is 27.5 Å². The van der Waals surface area contributed by atoms with Crippen molar-refractivity contribution < 1.29 is 4.74 Å². The molecule has 0 amide bonds. The third-order valence-electron chi connectivity index (χ3n) is 9.27. The van der Waals surface area contributed by atoms with E-state index in [1.807, 2.05) is 0 Å². The van der Waals surface area contributed by atoms with E-state index in [4.69, 9.17) is 4.74 Å². The average Bonchev–Trinajstić information content (AvgIpc) is 3.35. The van der Waals surface area contributed by atoms with Crippen LogP contribution in [0.3, 0.4) is 0 Å². The Morgan fingerprint density at radius 3 is 2.65 bits per heavy atom. The lowest BCUT2D eigenvalue weighted by Gasteiger charge is -2.45. The molecule has 0 N–H and O–H groups in total. The lowest BCUT2D eigenvalue weighted by Crippen LogP contribution is -2.33. The van der Waals surface area contributed by atoms with Crippen LogP contribution in [0.25, 0.3) is 10.8 Å². The van der Waals surface area contributed by atoms with E-state index in [0.29, 0.717) is 29.6 Å². The summed E-state index contributed by atoms with van der Waals surface area (Å²) in [5.41, 5.74) is 7.54. The van der Waals surface area contributed by atoms with Crippen LogP contribution >= 0.6 is 0 Å². The maximum Gasteiger partial charge on any atom is 0.138 e. The van der Waals surface area contributed by atoms with Crippen molar-refractivity contribution in [1.29, 1.82) is 0 Å². The van der Waals surface area contributed by atoms with Crippen molar-refractivity contribution in [2.75, 3.05) is 0 Å². The zero-order valence-corrected chi connectivity index (χ0v) is 20.9. The van der Waals surface area contributed by atoms with Crippen LogP contribution in [0.4, 0.5) is 0 Å². The van der Waals surface area contributed by atoms with E-state index in [9.17, 15) is 0 Å². The van der Waals surface area contributed by atoms with Crippen LogP contribution in [0.5, 0.6) is 5.75 Å². The smallest absolute Gasteiger partial charge is 0.138 e. The Kier molecular flexibility index (Phi) is 4.80. The highest BCUT2D eigenvalue weighted by Gasteiger charge is 2.44. The molecule has 37 heavy (non-hydrogen) atoms. The number of fused-ring (bicyclic) bond motifs is 7. The monoisotopic (exact) mass is 478 g/mol. The van der Waals surface area contributed by atoms with Crippen molar-refractivity contribution in [1.82, 2.24) is 0 Å². The molecule has 5 unspecified atom stereocenters. The zero-order chi connectivity index (χ0) is 24.3. The van der Waals surface area contributed by atoms with Gasteiger partial charge in [-0.15, -0.1) is 0 Å². The first-order valence-electron chi connectivity index (χ1n) is 13.8. The Balaban J connectivity index is 1.24. The van der Waals surface area contributed by atoms with Gasteiger partial charge in [-0.1, -0.05) is 109 Å². The maximum absolute atomic E-state index is 6.54. The summed E-state index contributed by atoms with van der Waals surface area (Å²) in [5, 5.41) is 2.49. The molecule has 5 aliphatic rings. The van der Waals surface area contributed by atoms with Crippen LogP contribution in [-0.4, -0.2) is 0 Å². The molecule has 0 radical (unpaired) electrons. The summed E-state index contributed by atoms with van der Waals surface area (Å²) in [5.74, 6) is 4.52. The molecule has 3 aromatic rings. The third kappa shape index (κ3) is 3.23. The lowest BCUT2D eigenvalue weighted by molar-refractivity contribution is 0.357. The Morgan fingerprint density at radius 1 is 0.811 bits per heavy atom. The Bertz CT molecular complexity index is 1590. The van der Waals surface area contributed by atoms with Crippen LogP contribution in [0, 0.1) is 17.8 Å². The molecular formula is C36H30O. The van der Waals surface area contributed by atoms with Crippen molar-refractivity contribution in [3.8, 4) is 5.75 Å². The summed E-state index contributed by atoms with van der Waals surface area (Å²) in [7, 11) is 0. The topological polar surface area (TPSA) is 9.23 Å². The predicted molar refractivity (Wildman–Crippen MR) is 151 cm³/mol. The Morgan fingerprint density at radius 2 is 1.70 bits per heavy atom. The number of benzene rings is 3. The third-order valence-corrected chi connectivity index (χ3v) is 9.27. The van der Waals surface area contributed by atoms with Crippen molar-refractivity contribution in [2.24, 2.45) is 17.8 Å². The lowest BCUT2D eigenvalue weighted by atomic mass is 9.58. The molecule has 0 spiro atoms. The fourth-order valence-electron chi connectivity index (χ4n) is 7.71. The highest BCUT2D eigenvalue weighted by atomic mass is 16.5. The standard InChI is InChI=1S/C36H30O/c1-2-11-24(12-3-1)34-27-14-6-8-16-29(27)35(30-17-9-7-15-28(30)34)25-19-21-33-32(22-25)31-20-18-23-10-4-5-13-26(23)36(31)37-33/h1-14,16-18,20-21,25,27-28,32,34H,15,19,22H2. The van der Waals surface area contributed by atoms with Crippen molar-refractivity contribution in [2.45, 2.75) is 31.1 Å². The molecule has 0 fully saturated rings. The summed E-state index contributed by atoms with van der Waals surface area (Å²) in [6, 6.07) is 24.4. The highest BCUT2D eigenvalue weighted by Crippen LogP contribution is 2.57. The molecular weight excluding hydrogens is 448 g/mol. The van der Waals surface area contributed by atoms with Crippen molar-refractivity contribution in [3.63, 3.8) is 0 Å². The number of hydrogen-bond donors (Lipinski definition) is 0. The second-order valence-corrected chi connectivity index (χ2v) is 11.1. The van der Waals surface area contributed by atoms with Gasteiger partial charge < -0.3 is 4.74 Å². The average molecular weight is 479 g/mol. The van der Waals surface area contributed by atoms with E-state index in [2.05, 4.69) is 115 Å². The normalized spacial score (nSPS) is 29.1. The molecule has 4 aliphatic carbocycles. The molecule has 3 aromatic carbocycles. The number of hydrogen-bond acceptors (Lipinski definition) is 1. The van der Waals surface area contributed by atoms with Crippen LogP contribution < -0.4 is 4.74 Å². The predicted octanol–water partition coefficient (Wildman–Crippen LogP) is 8.95. The Labute approximate surface area is 218 Å². The van der Waals surface area contributed by atoms with Gasteiger partial charge >= 0.3 is 0 Å². The molecule has 0 saturated carbocycles. The van der Waals surface area contributed by atoms with Gasteiger partial charge in [0.15, 0.2) is 0 Å². The fourth-order valence-corrected chi connectivity index (χ4v) is 7.71. The van der Waals surface area contributed by atoms with Crippen LogP contribution in [0.2, 0.25) is 0 Å².